The molecule has 0 aromatic carbocycles. The summed E-state index contributed by atoms with van der Waals surface area (Å²) >= 11 is 0. The number of aliphatic hydroxyl groups is 5. The summed E-state index contributed by atoms with van der Waals surface area (Å²) in [6.07, 6.45) is 8.82. The highest BCUT2D eigenvalue weighted by Gasteiger charge is 2.67. The standard InChI is InChI=1S/C39H61NO12/c1-5-15-28-18-12-10-8-7-9-11-13-19-29(50-37-34(45)39(40)35(52-39)25(4)48-37)21-33-24(3)32(44)23-38(47,51-33)22-27(42)17-14-16-26(41)20-31(43)30(6-2)36(46)49-28/h7-13,19,24-25,27-35,37,42-45,47H,5-6,14-18,20-23,40H2,1-4H3/t24-,25?,27+,28-,29+,30+,31-,32+,33?,34?,35?,37?,38-,39?/m1/s1. The number of allylic oxidation sites excluding steroid dienone is 6. The van der Waals surface area contributed by atoms with Crippen LogP contribution in [-0.2, 0) is 33.3 Å². The van der Waals surface area contributed by atoms with E-state index in [9.17, 15) is 35.1 Å². The van der Waals surface area contributed by atoms with Crippen molar-refractivity contribution in [3.8, 4) is 0 Å². The van der Waals surface area contributed by atoms with Gasteiger partial charge in [-0.15, -0.1) is 0 Å². The minimum atomic E-state index is -1.86. The summed E-state index contributed by atoms with van der Waals surface area (Å²) in [5.74, 6) is -3.87. The summed E-state index contributed by atoms with van der Waals surface area (Å²) in [7, 11) is 0. The zero-order valence-electron chi connectivity index (χ0n) is 31.0. The number of hydrogen-bond donors (Lipinski definition) is 6. The van der Waals surface area contributed by atoms with E-state index in [1.807, 2.05) is 44.2 Å². The Kier molecular flexibility index (Phi) is 15.8. The van der Waals surface area contributed by atoms with Gasteiger partial charge in [0.2, 0.25) is 0 Å². The van der Waals surface area contributed by atoms with Gasteiger partial charge in [-0.2, -0.15) is 0 Å². The fourth-order valence-electron chi connectivity index (χ4n) is 7.37. The zero-order valence-corrected chi connectivity index (χ0v) is 31.0. The number of ketones is 1. The molecule has 13 nitrogen and oxygen atoms in total. The van der Waals surface area contributed by atoms with Crippen molar-refractivity contribution in [3.05, 3.63) is 48.6 Å². The van der Waals surface area contributed by atoms with Crippen molar-refractivity contribution in [1.82, 2.24) is 0 Å². The van der Waals surface area contributed by atoms with Gasteiger partial charge in [0.25, 0.3) is 0 Å². The fourth-order valence-corrected chi connectivity index (χ4v) is 7.37. The number of ether oxygens (including phenoxy) is 5. The molecule has 0 aromatic heterocycles. The lowest BCUT2D eigenvalue weighted by Gasteiger charge is -2.45. The van der Waals surface area contributed by atoms with Crippen LogP contribution in [0.2, 0.25) is 0 Å². The molecule has 0 saturated carbocycles. The van der Waals surface area contributed by atoms with Crippen molar-refractivity contribution in [1.29, 1.82) is 0 Å². The van der Waals surface area contributed by atoms with E-state index in [0.717, 1.165) is 6.42 Å². The average Bonchev–Trinajstić information content (AvgIpc) is 3.78. The Hall–Kier alpha value is -2.30. The number of rotatable bonds is 5. The van der Waals surface area contributed by atoms with Gasteiger partial charge < -0.3 is 49.2 Å². The lowest BCUT2D eigenvalue weighted by Crippen LogP contribution is -2.57. The van der Waals surface area contributed by atoms with E-state index in [4.69, 9.17) is 29.4 Å². The second kappa shape index (κ2) is 19.3. The van der Waals surface area contributed by atoms with E-state index in [-0.39, 0.29) is 56.8 Å². The van der Waals surface area contributed by atoms with Gasteiger partial charge in [0.1, 0.15) is 24.1 Å². The molecule has 7 N–H and O–H groups in total. The van der Waals surface area contributed by atoms with Gasteiger partial charge in [-0.1, -0.05) is 75.8 Å². The first-order valence-corrected chi connectivity index (χ1v) is 19.0. The number of Topliss-reactive ketones (excluding diaryl/α,β-unsaturated/α-hetero) is 1. The third-order valence-electron chi connectivity index (χ3n) is 10.6. The Morgan fingerprint density at radius 2 is 1.67 bits per heavy atom. The quantitative estimate of drug-likeness (QED) is 0.177. The highest BCUT2D eigenvalue weighted by molar-refractivity contribution is 5.80. The van der Waals surface area contributed by atoms with Crippen LogP contribution in [0, 0.1) is 11.8 Å². The first kappa shape index (κ1) is 42.4. The van der Waals surface area contributed by atoms with Crippen LogP contribution >= 0.6 is 0 Å². The molecule has 13 heteroatoms. The van der Waals surface area contributed by atoms with E-state index in [1.165, 1.54) is 0 Å². The van der Waals surface area contributed by atoms with Crippen LogP contribution in [-0.4, -0.2) is 110 Å². The smallest absolute Gasteiger partial charge is 0.311 e. The second-order valence-electron chi connectivity index (χ2n) is 14.9. The molecule has 14 atom stereocenters. The van der Waals surface area contributed by atoms with Crippen molar-refractivity contribution in [3.63, 3.8) is 0 Å². The summed E-state index contributed by atoms with van der Waals surface area (Å²) in [4.78, 5) is 25.8. The van der Waals surface area contributed by atoms with Crippen LogP contribution in [0.3, 0.4) is 0 Å². The molecule has 0 aliphatic carbocycles. The first-order chi connectivity index (χ1) is 24.7. The van der Waals surface area contributed by atoms with Gasteiger partial charge in [-0.25, -0.2) is 0 Å². The van der Waals surface area contributed by atoms with Crippen molar-refractivity contribution in [2.75, 3.05) is 0 Å². The molecule has 3 fully saturated rings. The van der Waals surface area contributed by atoms with Gasteiger partial charge in [0.15, 0.2) is 17.8 Å². The molecule has 4 heterocycles. The van der Waals surface area contributed by atoms with Crippen molar-refractivity contribution in [2.24, 2.45) is 17.6 Å². The maximum Gasteiger partial charge on any atom is 0.311 e. The minimum absolute atomic E-state index is 0.0708. The van der Waals surface area contributed by atoms with E-state index < -0.39 is 84.4 Å². The third-order valence-corrected chi connectivity index (χ3v) is 10.6. The van der Waals surface area contributed by atoms with Crippen molar-refractivity contribution < 1.29 is 58.8 Å². The van der Waals surface area contributed by atoms with Crippen LogP contribution in [0.1, 0.15) is 98.3 Å². The van der Waals surface area contributed by atoms with Gasteiger partial charge >= 0.3 is 5.97 Å². The third kappa shape index (κ3) is 11.6. The molecule has 0 aromatic rings. The molecule has 0 amide bonds. The lowest BCUT2D eigenvalue weighted by molar-refractivity contribution is -0.305. The van der Waals surface area contributed by atoms with Crippen LogP contribution in [0.4, 0.5) is 0 Å². The number of carbonyl (C=O) groups is 2. The topological polar surface area (TPSA) is 211 Å². The minimum Gasteiger partial charge on any atom is -0.462 e. The number of fused-ring (bicyclic) bond motifs is 3. The maximum absolute atomic E-state index is 13.0. The molecular weight excluding hydrogens is 674 g/mol. The largest absolute Gasteiger partial charge is 0.462 e. The number of carbonyl (C=O) groups excluding carboxylic acids is 2. The highest BCUT2D eigenvalue weighted by Crippen LogP contribution is 2.45. The summed E-state index contributed by atoms with van der Waals surface area (Å²) in [6.45, 7) is 7.37. The maximum atomic E-state index is 13.0. The Labute approximate surface area is 307 Å². The molecule has 3 saturated heterocycles. The molecule has 4 aliphatic heterocycles. The zero-order chi connectivity index (χ0) is 38.1. The van der Waals surface area contributed by atoms with Crippen LogP contribution in [0.15, 0.2) is 48.6 Å². The molecule has 6 unspecified atom stereocenters. The summed E-state index contributed by atoms with van der Waals surface area (Å²) in [5, 5.41) is 55.1. The van der Waals surface area contributed by atoms with Gasteiger partial charge in [0.05, 0.1) is 42.5 Å². The Balaban J connectivity index is 1.53. The molecule has 0 spiro atoms. The van der Waals surface area contributed by atoms with E-state index in [0.29, 0.717) is 19.3 Å². The molecular formula is C39H61NO12. The van der Waals surface area contributed by atoms with E-state index in [2.05, 4.69) is 0 Å². The molecule has 2 bridgehead atoms. The first-order valence-electron chi connectivity index (χ1n) is 19.0. The number of cyclic esters (lactones) is 1. The number of epoxide rings is 1. The molecule has 0 radical (unpaired) electrons. The summed E-state index contributed by atoms with van der Waals surface area (Å²) < 4.78 is 29.6. The van der Waals surface area contributed by atoms with Crippen molar-refractivity contribution in [2.45, 2.75) is 171 Å². The van der Waals surface area contributed by atoms with Crippen molar-refractivity contribution >= 4 is 11.8 Å². The Morgan fingerprint density at radius 3 is 2.38 bits per heavy atom. The molecule has 4 aliphatic rings. The second-order valence-corrected chi connectivity index (χ2v) is 14.9. The van der Waals surface area contributed by atoms with Gasteiger partial charge in [-0.05, 0) is 32.6 Å². The Bertz CT molecular complexity index is 1290. The van der Waals surface area contributed by atoms with Crippen LogP contribution in [0.5, 0.6) is 0 Å². The molecule has 52 heavy (non-hydrogen) atoms. The van der Waals surface area contributed by atoms with E-state index in [1.54, 1.807) is 32.1 Å². The predicted molar refractivity (Wildman–Crippen MR) is 191 cm³/mol. The SMILES string of the molecule is CCC[C@@H]1CC=CC=CC=CC=C[C@H](OC2OC(C)C3OC3(N)C2O)CC2O[C@](O)(C[C@@H](O)CCCC(=O)C[C@@H](O)[C@H](CC)C(=O)O1)C[C@H](O)[C@H]2C. The molecule has 294 valence electrons. The number of esters is 1. The number of aliphatic hydroxyl groups excluding tert-OH is 4. The highest BCUT2D eigenvalue weighted by atomic mass is 16.7. The number of hydrogen-bond acceptors (Lipinski definition) is 13. The van der Waals surface area contributed by atoms with Gasteiger partial charge in [0, 0.05) is 44.4 Å². The monoisotopic (exact) mass is 735 g/mol. The predicted octanol–water partition coefficient (Wildman–Crippen LogP) is 3.00. The van der Waals surface area contributed by atoms with Crippen LogP contribution in [0.25, 0.3) is 0 Å². The summed E-state index contributed by atoms with van der Waals surface area (Å²) in [5.41, 5.74) is 4.97. The van der Waals surface area contributed by atoms with Gasteiger partial charge in [-0.3, -0.25) is 15.3 Å². The number of nitrogens with two attached hydrogens (primary N) is 1. The fraction of sp³-hybridized carbons (Fsp3) is 0.744. The van der Waals surface area contributed by atoms with Crippen LogP contribution < -0.4 is 5.73 Å². The van der Waals surface area contributed by atoms with E-state index >= 15 is 0 Å². The normalized spacial score (nSPS) is 43.1. The average molecular weight is 736 g/mol. The lowest BCUT2D eigenvalue weighted by atomic mass is 9.84. The summed E-state index contributed by atoms with van der Waals surface area (Å²) in [6, 6.07) is 0. The Morgan fingerprint density at radius 1 is 0.962 bits per heavy atom. The molecule has 4 rings (SSSR count).